The predicted molar refractivity (Wildman–Crippen MR) is 51.5 cm³/mol. The van der Waals surface area contributed by atoms with Gasteiger partial charge < -0.3 is 5.32 Å². The van der Waals surface area contributed by atoms with Crippen LogP contribution in [0.2, 0.25) is 0 Å². The third-order valence-electron chi connectivity index (χ3n) is 1.21. The molecule has 1 rings (SSSR count). The molecule has 0 spiro atoms. The molecule has 1 heterocycles. The molecule has 3 nitrogen and oxygen atoms in total. The Morgan fingerprint density at radius 2 is 2.23 bits per heavy atom. The number of rotatable bonds is 2. The van der Waals surface area contributed by atoms with Crippen LogP contribution in [0.25, 0.3) is 0 Å². The quantitative estimate of drug-likeness (QED) is 0.823. The van der Waals surface area contributed by atoms with E-state index in [0.29, 0.717) is 5.69 Å². The van der Waals surface area contributed by atoms with Crippen molar-refractivity contribution in [2.24, 2.45) is 0 Å². The molecule has 0 radical (unpaired) electrons. The Labute approximate surface area is 85.4 Å². The number of pyridine rings is 1. The standard InChI is InChI=1S/C8H6Cl2N2O/c9-7(10)5-12-8(13)6-3-1-2-4-11-6/h1-5H,(H,12,13). The van der Waals surface area contributed by atoms with Gasteiger partial charge in [-0.3, -0.25) is 9.78 Å². The fourth-order valence-corrected chi connectivity index (χ4v) is 0.800. The highest BCUT2D eigenvalue weighted by molar-refractivity contribution is 6.55. The molecule has 0 atom stereocenters. The van der Waals surface area contributed by atoms with Crippen molar-refractivity contribution in [3.8, 4) is 0 Å². The molecule has 0 aliphatic heterocycles. The molecule has 5 heteroatoms. The number of nitrogens with zero attached hydrogens (tertiary/aromatic N) is 1. The molecule has 13 heavy (non-hydrogen) atoms. The molecule has 0 fully saturated rings. The molecule has 68 valence electrons. The van der Waals surface area contributed by atoms with E-state index in [-0.39, 0.29) is 10.4 Å². The van der Waals surface area contributed by atoms with Crippen molar-refractivity contribution in [3.05, 3.63) is 40.8 Å². The van der Waals surface area contributed by atoms with E-state index in [4.69, 9.17) is 23.2 Å². The first-order valence-electron chi connectivity index (χ1n) is 3.43. The summed E-state index contributed by atoms with van der Waals surface area (Å²) in [5.41, 5.74) is 0.313. The molecule has 1 aromatic rings. The van der Waals surface area contributed by atoms with Gasteiger partial charge in [0.05, 0.1) is 0 Å². The number of carbonyl (C=O) groups is 1. The van der Waals surface area contributed by atoms with Gasteiger partial charge in [0.15, 0.2) is 0 Å². The van der Waals surface area contributed by atoms with Gasteiger partial charge in [-0.05, 0) is 12.1 Å². The maximum absolute atomic E-state index is 11.2. The summed E-state index contributed by atoms with van der Waals surface area (Å²) in [6.45, 7) is 0. The maximum atomic E-state index is 11.2. The van der Waals surface area contributed by atoms with Gasteiger partial charge in [0, 0.05) is 12.4 Å². The molecule has 0 aliphatic carbocycles. The summed E-state index contributed by atoms with van der Waals surface area (Å²) in [5, 5.41) is 2.37. The minimum absolute atomic E-state index is 0.00992. The minimum Gasteiger partial charge on any atom is -0.325 e. The molecule has 1 amide bonds. The lowest BCUT2D eigenvalue weighted by molar-refractivity contribution is 0.0965. The molecular weight excluding hydrogens is 211 g/mol. The number of halogens is 2. The molecule has 0 saturated carbocycles. The fraction of sp³-hybridized carbons (Fsp3) is 0. The second-order valence-electron chi connectivity index (χ2n) is 2.12. The van der Waals surface area contributed by atoms with Crippen molar-refractivity contribution >= 4 is 29.1 Å². The first-order chi connectivity index (χ1) is 6.20. The normalized spacial score (nSPS) is 9.08. The molecule has 0 saturated heterocycles. The van der Waals surface area contributed by atoms with Crippen molar-refractivity contribution < 1.29 is 4.79 Å². The second kappa shape index (κ2) is 4.84. The van der Waals surface area contributed by atoms with Gasteiger partial charge >= 0.3 is 0 Å². The largest absolute Gasteiger partial charge is 0.325 e. The third-order valence-corrected chi connectivity index (χ3v) is 1.43. The van der Waals surface area contributed by atoms with Crippen molar-refractivity contribution in [1.29, 1.82) is 0 Å². The van der Waals surface area contributed by atoms with Crippen LogP contribution in [0.5, 0.6) is 0 Å². The Morgan fingerprint density at radius 1 is 1.46 bits per heavy atom. The van der Waals surface area contributed by atoms with Crippen LogP contribution in [0.3, 0.4) is 0 Å². The number of carbonyl (C=O) groups excluding carboxylic acids is 1. The van der Waals surface area contributed by atoms with E-state index in [2.05, 4.69) is 10.3 Å². The zero-order valence-electron chi connectivity index (χ0n) is 6.50. The van der Waals surface area contributed by atoms with Gasteiger partial charge in [0.25, 0.3) is 5.91 Å². The van der Waals surface area contributed by atoms with E-state index in [9.17, 15) is 4.79 Å². The molecule has 0 aromatic carbocycles. The van der Waals surface area contributed by atoms with Crippen LogP contribution in [0.4, 0.5) is 0 Å². The SMILES string of the molecule is O=C(NC=C(Cl)Cl)c1ccccn1. The van der Waals surface area contributed by atoms with Gasteiger partial charge in [0.2, 0.25) is 0 Å². The number of hydrogen-bond donors (Lipinski definition) is 1. The van der Waals surface area contributed by atoms with Crippen LogP contribution in [0.1, 0.15) is 10.5 Å². The summed E-state index contributed by atoms with van der Waals surface area (Å²) in [4.78, 5) is 15.0. The Bertz CT molecular complexity index is 320. The van der Waals surface area contributed by atoms with Gasteiger partial charge in [-0.25, -0.2) is 0 Å². The summed E-state index contributed by atoms with van der Waals surface area (Å²) < 4.78 is -0.00992. The molecule has 0 aliphatic rings. The smallest absolute Gasteiger partial charge is 0.273 e. The monoisotopic (exact) mass is 216 g/mol. The highest BCUT2D eigenvalue weighted by Gasteiger charge is 2.02. The topological polar surface area (TPSA) is 42.0 Å². The van der Waals surface area contributed by atoms with E-state index in [1.807, 2.05) is 0 Å². The summed E-state index contributed by atoms with van der Waals surface area (Å²) in [5.74, 6) is -0.348. The number of hydrogen-bond acceptors (Lipinski definition) is 2. The number of nitrogens with one attached hydrogen (secondary N) is 1. The molecule has 1 N–H and O–H groups in total. The first kappa shape index (κ1) is 10.0. The number of amides is 1. The Hall–Kier alpha value is -1.06. The van der Waals surface area contributed by atoms with E-state index in [1.165, 1.54) is 12.4 Å². The Balaban J connectivity index is 2.65. The van der Waals surface area contributed by atoms with Gasteiger partial charge in [-0.15, -0.1) is 0 Å². The van der Waals surface area contributed by atoms with Crippen molar-refractivity contribution in [2.75, 3.05) is 0 Å². The zero-order chi connectivity index (χ0) is 9.68. The fourth-order valence-electron chi connectivity index (χ4n) is 0.691. The van der Waals surface area contributed by atoms with Crippen LogP contribution < -0.4 is 5.32 Å². The maximum Gasteiger partial charge on any atom is 0.273 e. The van der Waals surface area contributed by atoms with E-state index in [1.54, 1.807) is 18.2 Å². The van der Waals surface area contributed by atoms with Crippen LogP contribution in [-0.4, -0.2) is 10.9 Å². The van der Waals surface area contributed by atoms with Crippen molar-refractivity contribution in [1.82, 2.24) is 10.3 Å². The van der Waals surface area contributed by atoms with Crippen LogP contribution in [0.15, 0.2) is 35.1 Å². The highest BCUT2D eigenvalue weighted by Crippen LogP contribution is 2.03. The van der Waals surface area contributed by atoms with Gasteiger partial charge in [0.1, 0.15) is 10.2 Å². The molecule has 1 aromatic heterocycles. The lowest BCUT2D eigenvalue weighted by atomic mass is 10.3. The van der Waals surface area contributed by atoms with Crippen molar-refractivity contribution in [2.45, 2.75) is 0 Å². The zero-order valence-corrected chi connectivity index (χ0v) is 8.01. The Kier molecular flexibility index (Phi) is 3.73. The minimum atomic E-state index is -0.348. The summed E-state index contributed by atoms with van der Waals surface area (Å²) in [6.07, 6.45) is 2.72. The van der Waals surface area contributed by atoms with E-state index >= 15 is 0 Å². The average molecular weight is 217 g/mol. The van der Waals surface area contributed by atoms with Crippen LogP contribution in [-0.2, 0) is 0 Å². The summed E-state index contributed by atoms with van der Waals surface area (Å²) in [6, 6.07) is 5.03. The summed E-state index contributed by atoms with van der Waals surface area (Å²) in [7, 11) is 0. The van der Waals surface area contributed by atoms with Gasteiger partial charge in [-0.1, -0.05) is 29.3 Å². The predicted octanol–water partition coefficient (Wildman–Crippen LogP) is 2.09. The van der Waals surface area contributed by atoms with Gasteiger partial charge in [-0.2, -0.15) is 0 Å². The molecule has 0 bridgehead atoms. The lowest BCUT2D eigenvalue weighted by Gasteiger charge is -1.97. The van der Waals surface area contributed by atoms with E-state index in [0.717, 1.165) is 0 Å². The third kappa shape index (κ3) is 3.44. The Morgan fingerprint density at radius 3 is 2.77 bits per heavy atom. The van der Waals surface area contributed by atoms with E-state index < -0.39 is 0 Å². The summed E-state index contributed by atoms with van der Waals surface area (Å²) >= 11 is 10.6. The van der Waals surface area contributed by atoms with Crippen molar-refractivity contribution in [3.63, 3.8) is 0 Å². The highest BCUT2D eigenvalue weighted by atomic mass is 35.5. The molecule has 0 unspecified atom stereocenters. The van der Waals surface area contributed by atoms with Crippen LogP contribution in [0, 0.1) is 0 Å². The lowest BCUT2D eigenvalue weighted by Crippen LogP contribution is -2.18. The average Bonchev–Trinajstić information content (AvgIpc) is 2.15. The molecular formula is C8H6Cl2N2O. The second-order valence-corrected chi connectivity index (χ2v) is 3.13. The first-order valence-corrected chi connectivity index (χ1v) is 4.19. The van der Waals surface area contributed by atoms with Crippen LogP contribution >= 0.6 is 23.2 Å². The number of aromatic nitrogens is 1.